The Kier molecular flexibility index (Phi) is 9.34. The van der Waals surface area contributed by atoms with Crippen molar-refractivity contribution in [3.8, 4) is 22.6 Å². The molecule has 286 valence electrons. The van der Waals surface area contributed by atoms with E-state index in [1.807, 2.05) is 32.9 Å². The summed E-state index contributed by atoms with van der Waals surface area (Å²) >= 11 is 6.49. The van der Waals surface area contributed by atoms with Crippen molar-refractivity contribution in [2.75, 3.05) is 6.61 Å². The molecule has 0 saturated heterocycles. The van der Waals surface area contributed by atoms with E-state index in [-0.39, 0.29) is 47.2 Å². The average molecular weight is 770 g/mol. The van der Waals surface area contributed by atoms with E-state index in [0.29, 0.717) is 22.0 Å². The maximum Gasteiger partial charge on any atom is 0.335 e. The number of guanidine groups is 1. The largest absolute Gasteiger partial charge is 0.463 e. The highest BCUT2D eigenvalue weighted by Gasteiger charge is 2.60. The highest BCUT2D eigenvalue weighted by Crippen LogP contribution is 2.59. The highest BCUT2D eigenvalue weighted by atomic mass is 35.5. The van der Waals surface area contributed by atoms with Gasteiger partial charge >= 0.3 is 12.5 Å². The van der Waals surface area contributed by atoms with Crippen LogP contribution in [0.1, 0.15) is 96.0 Å². The molecule has 2 aromatic carbocycles. The fourth-order valence-corrected chi connectivity index (χ4v) is 7.33. The average Bonchev–Trinajstić information content (AvgIpc) is 3.97. The van der Waals surface area contributed by atoms with E-state index in [0.717, 1.165) is 31.7 Å². The van der Waals surface area contributed by atoms with Crippen LogP contribution in [0.3, 0.4) is 0 Å². The first-order valence-electron chi connectivity index (χ1n) is 17.6. The van der Waals surface area contributed by atoms with Crippen molar-refractivity contribution < 1.29 is 31.9 Å². The lowest BCUT2D eigenvalue weighted by Gasteiger charge is -2.35. The molecule has 4 aromatic rings. The number of carbonyl (C=O) groups is 2. The van der Waals surface area contributed by atoms with Gasteiger partial charge in [0.2, 0.25) is 0 Å². The van der Waals surface area contributed by atoms with Gasteiger partial charge in [-0.3, -0.25) is 14.5 Å². The molecule has 54 heavy (non-hydrogen) atoms. The summed E-state index contributed by atoms with van der Waals surface area (Å²) < 4.78 is 62.6. The van der Waals surface area contributed by atoms with Gasteiger partial charge in [-0.05, 0) is 67.7 Å². The minimum absolute atomic E-state index is 0.0546. The first-order valence-corrected chi connectivity index (χ1v) is 18.0. The van der Waals surface area contributed by atoms with Crippen molar-refractivity contribution in [2.45, 2.75) is 96.3 Å². The van der Waals surface area contributed by atoms with E-state index < -0.39 is 59.8 Å². The van der Waals surface area contributed by atoms with E-state index in [9.17, 15) is 22.4 Å². The third kappa shape index (κ3) is 7.07. The molecule has 1 aliphatic heterocycles. The summed E-state index contributed by atoms with van der Waals surface area (Å²) in [5, 5.41) is 12.6. The summed E-state index contributed by atoms with van der Waals surface area (Å²) in [6.45, 7) is 3.10. The number of alkyl halides is 4. The molecule has 2 saturated carbocycles. The lowest BCUT2D eigenvalue weighted by atomic mass is 9.75. The zero-order chi connectivity index (χ0) is 38.8. The molecule has 0 unspecified atom stereocenters. The van der Waals surface area contributed by atoms with Crippen LogP contribution in [0.4, 0.5) is 17.6 Å². The number of nitrogens with zero attached hydrogens (tertiary/aromatic N) is 8. The Morgan fingerprint density at radius 1 is 1.07 bits per heavy atom. The van der Waals surface area contributed by atoms with E-state index in [4.69, 9.17) is 27.1 Å². The molecule has 0 radical (unpaired) electrons. The van der Waals surface area contributed by atoms with Gasteiger partial charge in [0.1, 0.15) is 18.6 Å². The summed E-state index contributed by atoms with van der Waals surface area (Å²) in [4.78, 5) is 39.9. The molecule has 3 aliphatic rings. The van der Waals surface area contributed by atoms with E-state index in [2.05, 4.69) is 20.3 Å². The Labute approximate surface area is 313 Å². The Morgan fingerprint density at radius 3 is 2.39 bits per heavy atom. The van der Waals surface area contributed by atoms with Crippen molar-refractivity contribution >= 4 is 29.4 Å². The van der Waals surface area contributed by atoms with Gasteiger partial charge in [-0.15, -0.1) is 0 Å². The van der Waals surface area contributed by atoms with Gasteiger partial charge in [-0.25, -0.2) is 18.8 Å². The second-order valence-electron chi connectivity index (χ2n) is 15.7. The topological polar surface area (TPSA) is 146 Å². The number of aromatic nitrogens is 6. The molecular weight excluding hydrogens is 730 g/mol. The van der Waals surface area contributed by atoms with Crippen LogP contribution in [0.15, 0.2) is 60.0 Å². The standard InChI is InChI=1S/C37H40ClF4N9O3/c1-34(2,3)19-37(23-8-5-21(6-9-23)27-17-45-51(48-27)24-10-11-24)31(53)49(33(43)47-37)28(18-54-29(52)16-36(13-14-36)35(4,41)42)22-7-12-26(38)25(15-22)30-44-20-46-50(30)32(39)40/h5-9,12,15,17,20,24,28,32H,10-11,13-14,16,18-19H2,1-4H3,(H2,43,47)/t28-,37-/m1/s1. The monoisotopic (exact) mass is 769 g/mol. The van der Waals surface area contributed by atoms with Crippen LogP contribution in [0.5, 0.6) is 0 Å². The third-order valence-electron chi connectivity index (χ3n) is 10.3. The minimum Gasteiger partial charge on any atom is -0.463 e. The smallest absolute Gasteiger partial charge is 0.335 e. The SMILES string of the molecule is CC(C)(C)C[C@]1(c2ccc(-c3cnn(C4CC4)n3)cc2)N=C(N)N([C@H](COC(=O)CC2(C(C)(F)F)CC2)c2ccc(Cl)c(-c3ncnn3C(F)F)c2)C1=O. The number of amides is 1. The zero-order valence-corrected chi connectivity index (χ0v) is 30.9. The van der Waals surface area contributed by atoms with Gasteiger partial charge < -0.3 is 10.5 Å². The van der Waals surface area contributed by atoms with Crippen LogP contribution in [0.25, 0.3) is 22.6 Å². The summed E-state index contributed by atoms with van der Waals surface area (Å²) in [6, 6.07) is 10.8. The third-order valence-corrected chi connectivity index (χ3v) is 10.6. The molecule has 2 aliphatic carbocycles. The first kappa shape index (κ1) is 37.5. The number of aliphatic imine (C=N–C) groups is 1. The summed E-state index contributed by atoms with van der Waals surface area (Å²) in [7, 11) is 0. The Morgan fingerprint density at radius 2 is 1.78 bits per heavy atom. The normalized spacial score (nSPS) is 20.4. The Hall–Kier alpha value is -4.86. The van der Waals surface area contributed by atoms with Crippen molar-refractivity contribution in [3.05, 3.63) is 71.1 Å². The number of ether oxygens (including phenoxy) is 1. The van der Waals surface area contributed by atoms with Gasteiger partial charge in [-0.1, -0.05) is 62.7 Å². The molecule has 2 N–H and O–H groups in total. The number of esters is 1. The fraction of sp³-hybridized carbons (Fsp3) is 0.486. The summed E-state index contributed by atoms with van der Waals surface area (Å²) in [6.07, 6.45) is 4.73. The molecule has 2 aromatic heterocycles. The van der Waals surface area contributed by atoms with E-state index in [1.54, 1.807) is 23.1 Å². The van der Waals surface area contributed by atoms with Gasteiger partial charge in [-0.2, -0.15) is 33.6 Å². The first-order chi connectivity index (χ1) is 25.4. The van der Waals surface area contributed by atoms with Crippen molar-refractivity contribution in [2.24, 2.45) is 21.6 Å². The van der Waals surface area contributed by atoms with Crippen molar-refractivity contribution in [1.29, 1.82) is 0 Å². The van der Waals surface area contributed by atoms with Gasteiger partial charge in [0.15, 0.2) is 17.3 Å². The van der Waals surface area contributed by atoms with Crippen LogP contribution in [0.2, 0.25) is 5.02 Å². The molecule has 2 fully saturated rings. The lowest BCUT2D eigenvalue weighted by molar-refractivity contribution is -0.153. The Balaban J connectivity index is 1.26. The number of nitrogens with two attached hydrogens (primary N) is 1. The van der Waals surface area contributed by atoms with Crippen LogP contribution in [-0.4, -0.2) is 65.0 Å². The molecule has 17 heteroatoms. The predicted molar refractivity (Wildman–Crippen MR) is 190 cm³/mol. The van der Waals surface area contributed by atoms with Crippen LogP contribution >= 0.6 is 11.6 Å². The molecular formula is C37H40ClF4N9O3. The fourth-order valence-electron chi connectivity index (χ4n) is 7.13. The summed E-state index contributed by atoms with van der Waals surface area (Å²) in [5.41, 5.74) is 5.50. The number of rotatable bonds is 13. The summed E-state index contributed by atoms with van der Waals surface area (Å²) in [5.74, 6) is -4.96. The van der Waals surface area contributed by atoms with Gasteiger partial charge in [0.05, 0.1) is 29.7 Å². The molecule has 2 atom stereocenters. The number of benzene rings is 2. The number of hydrogen-bond donors (Lipinski definition) is 1. The van der Waals surface area contributed by atoms with Crippen LogP contribution in [-0.2, 0) is 19.9 Å². The molecule has 1 amide bonds. The second kappa shape index (κ2) is 13.5. The molecule has 7 rings (SSSR count). The van der Waals surface area contributed by atoms with Crippen LogP contribution in [0, 0.1) is 10.8 Å². The van der Waals surface area contributed by atoms with Crippen molar-refractivity contribution in [3.63, 3.8) is 0 Å². The van der Waals surface area contributed by atoms with Gasteiger partial charge in [0, 0.05) is 16.5 Å². The molecule has 0 spiro atoms. The zero-order valence-electron chi connectivity index (χ0n) is 30.1. The molecule has 0 bridgehead atoms. The quantitative estimate of drug-likeness (QED) is 0.109. The highest BCUT2D eigenvalue weighted by molar-refractivity contribution is 6.33. The Bertz CT molecular complexity index is 2100. The molecule has 3 heterocycles. The number of halogens is 5. The van der Waals surface area contributed by atoms with Gasteiger partial charge in [0.25, 0.3) is 11.8 Å². The van der Waals surface area contributed by atoms with E-state index in [1.165, 1.54) is 23.1 Å². The molecule has 12 nitrogen and oxygen atoms in total. The second-order valence-corrected chi connectivity index (χ2v) is 16.1. The maximum absolute atomic E-state index is 15.0. The predicted octanol–water partition coefficient (Wildman–Crippen LogP) is 7.49. The lowest BCUT2D eigenvalue weighted by Crippen LogP contribution is -2.47. The van der Waals surface area contributed by atoms with E-state index >= 15 is 4.79 Å². The minimum atomic E-state index is -3.10. The van der Waals surface area contributed by atoms with Crippen molar-refractivity contribution in [1.82, 2.24) is 34.7 Å². The number of hydrogen-bond acceptors (Lipinski definition) is 9. The number of carbonyl (C=O) groups excluding carboxylic acids is 2. The van der Waals surface area contributed by atoms with Crippen LogP contribution < -0.4 is 5.73 Å². The maximum atomic E-state index is 15.0.